The van der Waals surface area contributed by atoms with E-state index in [9.17, 15) is 0 Å². The Morgan fingerprint density at radius 2 is 1.72 bits per heavy atom. The monoisotopic (exact) mass is 339 g/mol. The molecular formula is C21H29N3O. The highest BCUT2D eigenvalue weighted by Gasteiger charge is 2.33. The maximum atomic E-state index is 6.07. The number of benzene rings is 2. The summed E-state index contributed by atoms with van der Waals surface area (Å²) in [5.74, 6) is 0. The number of nitrogens with two attached hydrogens (primary N) is 1. The van der Waals surface area contributed by atoms with Crippen LogP contribution in [0.3, 0.4) is 0 Å². The Morgan fingerprint density at radius 3 is 2.36 bits per heavy atom. The summed E-state index contributed by atoms with van der Waals surface area (Å²) in [4.78, 5) is 2.44. The molecule has 1 heterocycles. The van der Waals surface area contributed by atoms with Gasteiger partial charge in [-0.3, -0.25) is 0 Å². The second-order valence-corrected chi connectivity index (χ2v) is 6.80. The minimum Gasteiger partial charge on any atom is -0.399 e. The summed E-state index contributed by atoms with van der Waals surface area (Å²) in [7, 11) is 0. The number of hydrogen-bond donors (Lipinski definition) is 2. The van der Waals surface area contributed by atoms with Crippen LogP contribution in [-0.2, 0) is 11.3 Å². The Morgan fingerprint density at radius 1 is 1.04 bits per heavy atom. The van der Waals surface area contributed by atoms with Gasteiger partial charge in [0.15, 0.2) is 0 Å². The lowest BCUT2D eigenvalue weighted by Crippen LogP contribution is -2.51. The van der Waals surface area contributed by atoms with E-state index < -0.39 is 0 Å². The van der Waals surface area contributed by atoms with Gasteiger partial charge in [0.05, 0.1) is 12.2 Å². The van der Waals surface area contributed by atoms with Gasteiger partial charge < -0.3 is 20.7 Å². The van der Waals surface area contributed by atoms with Crippen molar-refractivity contribution in [2.75, 3.05) is 35.6 Å². The van der Waals surface area contributed by atoms with Crippen LogP contribution in [0.25, 0.3) is 0 Å². The van der Waals surface area contributed by atoms with Crippen molar-refractivity contribution in [1.82, 2.24) is 0 Å². The van der Waals surface area contributed by atoms with E-state index in [4.69, 9.17) is 10.5 Å². The van der Waals surface area contributed by atoms with Crippen LogP contribution < -0.4 is 16.0 Å². The molecule has 0 spiro atoms. The highest BCUT2D eigenvalue weighted by molar-refractivity contribution is 5.56. The quantitative estimate of drug-likeness (QED) is 0.772. The van der Waals surface area contributed by atoms with Crippen molar-refractivity contribution in [3.8, 4) is 0 Å². The molecule has 1 fully saturated rings. The second-order valence-electron chi connectivity index (χ2n) is 6.80. The topological polar surface area (TPSA) is 50.5 Å². The molecule has 3 N–H and O–H groups in total. The van der Waals surface area contributed by atoms with E-state index in [2.05, 4.69) is 60.5 Å². The van der Waals surface area contributed by atoms with Gasteiger partial charge in [-0.15, -0.1) is 0 Å². The minimum atomic E-state index is 0.00429. The normalized spacial score (nSPS) is 16.6. The molecule has 0 aromatic heterocycles. The van der Waals surface area contributed by atoms with Crippen molar-refractivity contribution in [3.05, 3.63) is 54.1 Å². The Kier molecular flexibility index (Phi) is 5.49. The van der Waals surface area contributed by atoms with Gasteiger partial charge in [-0.2, -0.15) is 0 Å². The van der Waals surface area contributed by atoms with Gasteiger partial charge in [0.25, 0.3) is 0 Å². The Hall–Kier alpha value is -2.20. The van der Waals surface area contributed by atoms with Gasteiger partial charge in [0.1, 0.15) is 0 Å². The summed E-state index contributed by atoms with van der Waals surface area (Å²) in [6, 6.07) is 16.7. The number of hydrogen-bond acceptors (Lipinski definition) is 4. The lowest BCUT2D eigenvalue weighted by atomic mass is 9.94. The lowest BCUT2D eigenvalue weighted by Gasteiger charge is -2.43. The zero-order valence-electron chi connectivity index (χ0n) is 15.3. The molecule has 0 aliphatic carbocycles. The van der Waals surface area contributed by atoms with Crippen LogP contribution in [0.4, 0.5) is 17.1 Å². The van der Waals surface area contributed by atoms with E-state index in [1.54, 1.807) is 0 Å². The van der Waals surface area contributed by atoms with Gasteiger partial charge in [-0.1, -0.05) is 26.0 Å². The first-order valence-corrected chi connectivity index (χ1v) is 9.21. The fourth-order valence-electron chi connectivity index (χ4n) is 3.37. The number of morpholine rings is 1. The van der Waals surface area contributed by atoms with Crippen LogP contribution in [-0.4, -0.2) is 25.3 Å². The molecule has 25 heavy (non-hydrogen) atoms. The average molecular weight is 339 g/mol. The largest absolute Gasteiger partial charge is 0.399 e. The summed E-state index contributed by atoms with van der Waals surface area (Å²) in [5.41, 5.74) is 10.2. The van der Waals surface area contributed by atoms with E-state index >= 15 is 0 Å². The summed E-state index contributed by atoms with van der Waals surface area (Å²) in [6.07, 6.45) is 2.11. The Balaban J connectivity index is 1.61. The molecule has 2 aromatic rings. The number of nitrogens with zero attached hydrogens (tertiary/aromatic N) is 1. The van der Waals surface area contributed by atoms with Crippen molar-refractivity contribution in [2.24, 2.45) is 0 Å². The van der Waals surface area contributed by atoms with Gasteiger partial charge in [-0.05, 0) is 54.8 Å². The minimum absolute atomic E-state index is 0.00429. The highest BCUT2D eigenvalue weighted by atomic mass is 16.5. The van der Waals surface area contributed by atoms with Crippen LogP contribution in [0, 0.1) is 0 Å². The third-order valence-corrected chi connectivity index (χ3v) is 5.25. The SMILES string of the molecule is CCC1(CC)CN(c2ccc(NCc3ccc(N)cc3)cc2)CCO1. The van der Waals surface area contributed by atoms with E-state index in [1.165, 1.54) is 11.3 Å². The fraction of sp³-hybridized carbons (Fsp3) is 0.429. The van der Waals surface area contributed by atoms with Crippen molar-refractivity contribution in [1.29, 1.82) is 0 Å². The van der Waals surface area contributed by atoms with Crippen molar-refractivity contribution in [3.63, 3.8) is 0 Å². The summed E-state index contributed by atoms with van der Waals surface area (Å²) in [6.45, 7) is 7.97. The first-order chi connectivity index (χ1) is 12.1. The standard InChI is InChI=1S/C21H29N3O/c1-3-21(4-2)16-24(13-14-25-21)20-11-9-19(10-12-20)23-15-17-5-7-18(22)8-6-17/h5-12,23H,3-4,13-16,22H2,1-2H3. The maximum absolute atomic E-state index is 6.07. The first kappa shape index (κ1) is 17.6. The van der Waals surface area contributed by atoms with Crippen molar-refractivity contribution in [2.45, 2.75) is 38.8 Å². The molecule has 0 bridgehead atoms. The zero-order valence-corrected chi connectivity index (χ0v) is 15.3. The second kappa shape index (κ2) is 7.79. The third kappa shape index (κ3) is 4.26. The predicted octanol–water partition coefficient (Wildman–Crippen LogP) is 4.28. The Labute approximate surface area is 151 Å². The smallest absolute Gasteiger partial charge is 0.0852 e. The zero-order chi connectivity index (χ0) is 17.7. The molecule has 0 radical (unpaired) electrons. The number of nitrogens with one attached hydrogen (secondary N) is 1. The molecule has 0 amide bonds. The van der Waals surface area contributed by atoms with Crippen molar-refractivity contribution >= 4 is 17.1 Å². The Bertz CT molecular complexity index is 663. The molecule has 0 unspecified atom stereocenters. The molecule has 0 atom stereocenters. The average Bonchev–Trinajstić information content (AvgIpc) is 2.68. The van der Waals surface area contributed by atoms with E-state index in [0.29, 0.717) is 0 Å². The fourth-order valence-corrected chi connectivity index (χ4v) is 3.37. The molecule has 1 saturated heterocycles. The summed E-state index contributed by atoms with van der Waals surface area (Å²) < 4.78 is 6.07. The molecular weight excluding hydrogens is 310 g/mol. The molecule has 4 heteroatoms. The highest BCUT2D eigenvalue weighted by Crippen LogP contribution is 2.29. The van der Waals surface area contributed by atoms with Crippen LogP contribution in [0.5, 0.6) is 0 Å². The van der Waals surface area contributed by atoms with Gasteiger partial charge >= 0.3 is 0 Å². The number of ether oxygens (including phenoxy) is 1. The van der Waals surface area contributed by atoms with E-state index in [1.807, 2.05) is 12.1 Å². The number of anilines is 3. The van der Waals surface area contributed by atoms with Crippen LogP contribution in [0.15, 0.2) is 48.5 Å². The molecule has 0 saturated carbocycles. The molecule has 1 aliphatic heterocycles. The van der Waals surface area contributed by atoms with Crippen LogP contribution >= 0.6 is 0 Å². The summed E-state index contributed by atoms with van der Waals surface area (Å²) >= 11 is 0. The van der Waals surface area contributed by atoms with Gasteiger partial charge in [-0.25, -0.2) is 0 Å². The summed E-state index contributed by atoms with van der Waals surface area (Å²) in [5, 5.41) is 3.47. The first-order valence-electron chi connectivity index (χ1n) is 9.21. The maximum Gasteiger partial charge on any atom is 0.0852 e. The number of nitrogen functional groups attached to an aromatic ring is 1. The third-order valence-electron chi connectivity index (χ3n) is 5.25. The molecule has 1 aliphatic rings. The lowest BCUT2D eigenvalue weighted by molar-refractivity contribution is -0.0604. The van der Waals surface area contributed by atoms with Gasteiger partial charge in [0.2, 0.25) is 0 Å². The van der Waals surface area contributed by atoms with Crippen LogP contribution in [0.1, 0.15) is 32.3 Å². The molecule has 3 rings (SSSR count). The molecule has 4 nitrogen and oxygen atoms in total. The predicted molar refractivity (Wildman–Crippen MR) is 106 cm³/mol. The molecule has 134 valence electrons. The van der Waals surface area contributed by atoms with Crippen molar-refractivity contribution < 1.29 is 4.74 Å². The molecule has 2 aromatic carbocycles. The van der Waals surface area contributed by atoms with E-state index in [0.717, 1.165) is 50.5 Å². The van der Waals surface area contributed by atoms with E-state index in [-0.39, 0.29) is 5.60 Å². The van der Waals surface area contributed by atoms with Gasteiger partial charge in [0, 0.05) is 36.7 Å². The van der Waals surface area contributed by atoms with Crippen LogP contribution in [0.2, 0.25) is 0 Å². The number of rotatable bonds is 6.